The molecule has 1 aliphatic carbocycles. The fourth-order valence-electron chi connectivity index (χ4n) is 2.82. The van der Waals surface area contributed by atoms with Crippen LogP contribution in [-0.4, -0.2) is 19.2 Å². The van der Waals surface area contributed by atoms with Crippen molar-refractivity contribution in [2.75, 3.05) is 7.11 Å². The molecule has 2 aromatic rings. The quantitative estimate of drug-likeness (QED) is 0.680. The van der Waals surface area contributed by atoms with Crippen LogP contribution in [0.25, 0.3) is 11.1 Å². The lowest BCUT2D eigenvalue weighted by Crippen LogP contribution is -2.23. The Labute approximate surface area is 123 Å². The van der Waals surface area contributed by atoms with Crippen molar-refractivity contribution in [2.45, 2.75) is 25.3 Å². The Morgan fingerprint density at radius 2 is 2.30 bits per heavy atom. The molecular weight excluding hydrogens is 268 g/mol. The molecule has 104 valence electrons. The summed E-state index contributed by atoms with van der Waals surface area (Å²) in [5, 5.41) is 4.34. The fraction of sp³-hybridized carbons (Fsp3) is 0.312. The summed E-state index contributed by atoms with van der Waals surface area (Å²) in [7, 11) is 1.56. The maximum atomic E-state index is 5.66. The Kier molecular flexibility index (Phi) is 3.74. The number of methoxy groups -OCH3 is 1. The predicted octanol–water partition coefficient (Wildman–Crippen LogP) is 3.23. The molecule has 0 amide bonds. The molecule has 1 atom stereocenters. The minimum atomic E-state index is 0.236. The van der Waals surface area contributed by atoms with E-state index in [4.69, 9.17) is 10.5 Å². The number of hydrogen-bond donors (Lipinski definition) is 1. The smallest absolute Gasteiger partial charge is 0.281 e. The molecule has 1 aromatic heterocycles. The first-order valence-electron chi connectivity index (χ1n) is 6.78. The molecule has 1 aromatic carbocycles. The minimum Gasteiger partial charge on any atom is -0.469 e. The third-order valence-corrected chi connectivity index (χ3v) is 4.49. The molecule has 0 bridgehead atoms. The zero-order valence-corrected chi connectivity index (χ0v) is 12.3. The summed E-state index contributed by atoms with van der Waals surface area (Å²) in [6, 6.07) is 9.27. The third-order valence-electron chi connectivity index (χ3n) is 3.81. The number of rotatable bonds is 2. The monoisotopic (exact) mass is 286 g/mol. The van der Waals surface area contributed by atoms with Crippen molar-refractivity contribution in [2.24, 2.45) is 10.7 Å². The van der Waals surface area contributed by atoms with E-state index in [0.29, 0.717) is 0 Å². The molecule has 0 radical (unpaired) electrons. The highest BCUT2D eigenvalue weighted by Gasteiger charge is 2.21. The number of amidine groups is 1. The van der Waals surface area contributed by atoms with Gasteiger partial charge in [0.1, 0.15) is 0 Å². The van der Waals surface area contributed by atoms with Gasteiger partial charge in [0.05, 0.1) is 13.2 Å². The van der Waals surface area contributed by atoms with Gasteiger partial charge >= 0.3 is 0 Å². The van der Waals surface area contributed by atoms with Crippen LogP contribution in [0.1, 0.15) is 17.5 Å². The van der Waals surface area contributed by atoms with E-state index >= 15 is 0 Å². The van der Waals surface area contributed by atoms with Crippen LogP contribution in [0.15, 0.2) is 40.0 Å². The second kappa shape index (κ2) is 5.67. The van der Waals surface area contributed by atoms with E-state index in [1.165, 1.54) is 22.3 Å². The first-order valence-corrected chi connectivity index (χ1v) is 7.73. The number of nitrogens with two attached hydrogens (primary N) is 1. The molecule has 20 heavy (non-hydrogen) atoms. The minimum absolute atomic E-state index is 0.236. The molecular formula is C16H18N2OS. The lowest BCUT2D eigenvalue weighted by molar-refractivity contribution is 0.388. The molecule has 1 unspecified atom stereocenters. The van der Waals surface area contributed by atoms with Crippen molar-refractivity contribution in [1.29, 1.82) is 0 Å². The highest BCUT2D eigenvalue weighted by molar-refractivity contribution is 7.08. The summed E-state index contributed by atoms with van der Waals surface area (Å²) in [5.41, 5.74) is 11.2. The van der Waals surface area contributed by atoms with E-state index in [0.717, 1.165) is 19.3 Å². The second-order valence-corrected chi connectivity index (χ2v) is 5.80. The SMILES string of the molecule is COC(N)=NC1CCc2c(cccc2-c2ccsc2)C1. The number of benzene rings is 1. The Balaban J connectivity index is 1.91. The number of hydrogen-bond acceptors (Lipinski definition) is 3. The lowest BCUT2D eigenvalue weighted by Gasteiger charge is -2.24. The van der Waals surface area contributed by atoms with Crippen molar-refractivity contribution in [3.05, 3.63) is 46.2 Å². The first kappa shape index (κ1) is 13.2. The number of aliphatic imine (C=N–C) groups is 1. The average Bonchev–Trinajstić information content (AvgIpc) is 3.00. The number of ether oxygens (including phenoxy) is 1. The first-order chi connectivity index (χ1) is 9.78. The van der Waals surface area contributed by atoms with Gasteiger partial charge in [-0.3, -0.25) is 0 Å². The summed E-state index contributed by atoms with van der Waals surface area (Å²) in [5.74, 6) is 0. The van der Waals surface area contributed by atoms with Crippen molar-refractivity contribution in [3.8, 4) is 11.1 Å². The molecule has 0 saturated heterocycles. The molecule has 0 aliphatic heterocycles. The molecule has 0 fully saturated rings. The molecule has 4 heteroatoms. The van der Waals surface area contributed by atoms with Crippen LogP contribution in [0.5, 0.6) is 0 Å². The summed E-state index contributed by atoms with van der Waals surface area (Å²) < 4.78 is 4.95. The van der Waals surface area contributed by atoms with Crippen LogP contribution in [0.4, 0.5) is 0 Å². The molecule has 3 rings (SSSR count). The molecule has 0 spiro atoms. The highest BCUT2D eigenvalue weighted by atomic mass is 32.1. The molecule has 1 heterocycles. The van der Waals surface area contributed by atoms with E-state index in [1.54, 1.807) is 18.4 Å². The predicted molar refractivity (Wildman–Crippen MR) is 84.2 cm³/mol. The summed E-state index contributed by atoms with van der Waals surface area (Å²) in [6.07, 6.45) is 3.02. The fourth-order valence-corrected chi connectivity index (χ4v) is 3.47. The maximum absolute atomic E-state index is 5.66. The van der Waals surface area contributed by atoms with E-state index in [9.17, 15) is 0 Å². The van der Waals surface area contributed by atoms with Gasteiger partial charge in [-0.15, -0.1) is 0 Å². The van der Waals surface area contributed by atoms with Crippen LogP contribution >= 0.6 is 11.3 Å². The van der Waals surface area contributed by atoms with Gasteiger partial charge < -0.3 is 10.5 Å². The summed E-state index contributed by atoms with van der Waals surface area (Å²) in [4.78, 5) is 4.42. The molecule has 0 saturated carbocycles. The topological polar surface area (TPSA) is 47.6 Å². The largest absolute Gasteiger partial charge is 0.469 e. The zero-order valence-electron chi connectivity index (χ0n) is 11.5. The van der Waals surface area contributed by atoms with Gasteiger partial charge in [0, 0.05) is 0 Å². The Morgan fingerprint density at radius 1 is 1.40 bits per heavy atom. The van der Waals surface area contributed by atoms with Crippen LogP contribution in [0.2, 0.25) is 0 Å². The normalized spacial score (nSPS) is 18.6. The van der Waals surface area contributed by atoms with Crippen LogP contribution in [0.3, 0.4) is 0 Å². The van der Waals surface area contributed by atoms with Crippen molar-refractivity contribution in [1.82, 2.24) is 0 Å². The van der Waals surface area contributed by atoms with Crippen molar-refractivity contribution in [3.63, 3.8) is 0 Å². The number of thiophene rings is 1. The van der Waals surface area contributed by atoms with Gasteiger partial charge in [0.2, 0.25) is 0 Å². The maximum Gasteiger partial charge on any atom is 0.281 e. The Bertz CT molecular complexity index is 619. The van der Waals surface area contributed by atoms with Crippen LogP contribution in [0, 0.1) is 0 Å². The molecule has 3 nitrogen and oxygen atoms in total. The Hall–Kier alpha value is -1.81. The van der Waals surface area contributed by atoms with Gasteiger partial charge in [0.25, 0.3) is 6.02 Å². The van der Waals surface area contributed by atoms with Gasteiger partial charge in [-0.25, -0.2) is 4.99 Å². The lowest BCUT2D eigenvalue weighted by atomic mass is 9.84. The zero-order chi connectivity index (χ0) is 13.9. The van der Waals surface area contributed by atoms with E-state index in [2.05, 4.69) is 40.0 Å². The average molecular weight is 286 g/mol. The van der Waals surface area contributed by atoms with Gasteiger partial charge in [-0.2, -0.15) is 11.3 Å². The van der Waals surface area contributed by atoms with Crippen LogP contribution in [-0.2, 0) is 17.6 Å². The molecule has 1 aliphatic rings. The number of fused-ring (bicyclic) bond motifs is 1. The van der Waals surface area contributed by atoms with Gasteiger partial charge in [-0.1, -0.05) is 18.2 Å². The van der Waals surface area contributed by atoms with E-state index < -0.39 is 0 Å². The van der Waals surface area contributed by atoms with Crippen molar-refractivity contribution < 1.29 is 4.74 Å². The third kappa shape index (κ3) is 2.56. The number of nitrogens with zero attached hydrogens (tertiary/aromatic N) is 1. The summed E-state index contributed by atoms with van der Waals surface area (Å²) in [6.45, 7) is 0. The van der Waals surface area contributed by atoms with E-state index in [1.807, 2.05) is 0 Å². The van der Waals surface area contributed by atoms with Crippen molar-refractivity contribution >= 4 is 17.4 Å². The Morgan fingerprint density at radius 3 is 3.05 bits per heavy atom. The highest BCUT2D eigenvalue weighted by Crippen LogP contribution is 2.33. The second-order valence-electron chi connectivity index (χ2n) is 5.02. The van der Waals surface area contributed by atoms with E-state index in [-0.39, 0.29) is 12.1 Å². The van der Waals surface area contributed by atoms with Crippen LogP contribution < -0.4 is 5.73 Å². The standard InChI is InChI=1S/C16H18N2OS/c1-19-16(17)18-13-5-6-15-11(9-13)3-2-4-14(15)12-7-8-20-10-12/h2-4,7-8,10,13H,5-6,9H2,1H3,(H2,17,18). The molecule has 2 N–H and O–H groups in total. The summed E-state index contributed by atoms with van der Waals surface area (Å²) >= 11 is 1.74. The van der Waals surface area contributed by atoms with Gasteiger partial charge in [0.15, 0.2) is 0 Å². The van der Waals surface area contributed by atoms with Gasteiger partial charge in [-0.05, 0) is 58.3 Å².